The van der Waals surface area contributed by atoms with Gasteiger partial charge in [-0.25, -0.2) is 4.98 Å². The number of aryl methyl sites for hydroxylation is 3. The Kier molecular flexibility index (Phi) is 6.05. The van der Waals surface area contributed by atoms with Crippen LogP contribution in [0.25, 0.3) is 10.2 Å². The summed E-state index contributed by atoms with van der Waals surface area (Å²) in [4.78, 5) is 32.5. The third kappa shape index (κ3) is 4.25. The Balaban J connectivity index is 1.58. The van der Waals surface area contributed by atoms with Crippen molar-refractivity contribution in [2.75, 3.05) is 11.1 Å². The van der Waals surface area contributed by atoms with E-state index in [0.29, 0.717) is 23.3 Å². The molecule has 0 fully saturated rings. The van der Waals surface area contributed by atoms with Crippen LogP contribution in [0, 0.1) is 6.92 Å². The average Bonchev–Trinajstić information content (AvgIpc) is 3.38. The fraction of sp³-hybridized carbons (Fsp3) is 0.500. The molecule has 0 saturated heterocycles. The average molecular weight is 433 g/mol. The first-order valence-corrected chi connectivity index (χ1v) is 11.8. The van der Waals surface area contributed by atoms with Crippen LogP contribution in [0.4, 0.5) is 5.88 Å². The monoisotopic (exact) mass is 432 g/mol. The van der Waals surface area contributed by atoms with Gasteiger partial charge in [0.15, 0.2) is 5.16 Å². The molecule has 0 aliphatic heterocycles. The number of amides is 1. The molecule has 4 rings (SSSR count). The van der Waals surface area contributed by atoms with E-state index in [-0.39, 0.29) is 17.2 Å². The van der Waals surface area contributed by atoms with Gasteiger partial charge in [0.2, 0.25) is 11.8 Å². The molecule has 0 bridgehead atoms. The van der Waals surface area contributed by atoms with Crippen molar-refractivity contribution in [1.82, 2.24) is 14.7 Å². The molecule has 1 aliphatic rings. The van der Waals surface area contributed by atoms with E-state index in [9.17, 15) is 9.59 Å². The van der Waals surface area contributed by atoms with Gasteiger partial charge in [0.1, 0.15) is 4.83 Å². The van der Waals surface area contributed by atoms with Crippen LogP contribution in [0.3, 0.4) is 0 Å². The van der Waals surface area contributed by atoms with Gasteiger partial charge in [-0.3, -0.25) is 19.5 Å². The zero-order chi connectivity index (χ0) is 20.4. The van der Waals surface area contributed by atoms with Crippen molar-refractivity contribution >= 4 is 45.1 Å². The molecule has 0 unspecified atom stereocenters. The van der Waals surface area contributed by atoms with E-state index < -0.39 is 0 Å². The number of nitrogens with one attached hydrogen (secondary N) is 1. The van der Waals surface area contributed by atoms with E-state index >= 15 is 0 Å². The molecular formula is C20H24N4O3S2. The highest BCUT2D eigenvalue weighted by Crippen LogP contribution is 2.35. The summed E-state index contributed by atoms with van der Waals surface area (Å²) in [6, 6.07) is 1.67. The van der Waals surface area contributed by atoms with Crippen LogP contribution in [0.5, 0.6) is 0 Å². The molecule has 0 spiro atoms. The summed E-state index contributed by atoms with van der Waals surface area (Å²) in [5, 5.41) is 7.86. The lowest BCUT2D eigenvalue weighted by atomic mass is 10.2. The number of hydrogen-bond acceptors (Lipinski definition) is 7. The van der Waals surface area contributed by atoms with Crippen molar-refractivity contribution < 1.29 is 9.32 Å². The van der Waals surface area contributed by atoms with Gasteiger partial charge < -0.3 is 4.52 Å². The minimum absolute atomic E-state index is 0.0410. The molecule has 1 amide bonds. The molecule has 3 aromatic rings. The molecule has 7 nitrogen and oxygen atoms in total. The van der Waals surface area contributed by atoms with E-state index in [1.807, 2.05) is 0 Å². The number of carbonyl (C=O) groups excluding carboxylic acids is 1. The molecule has 0 aromatic carbocycles. The van der Waals surface area contributed by atoms with E-state index in [1.165, 1.54) is 22.2 Å². The second kappa shape index (κ2) is 8.71. The Morgan fingerprint density at radius 3 is 3.00 bits per heavy atom. The van der Waals surface area contributed by atoms with Crippen LogP contribution < -0.4 is 10.9 Å². The van der Waals surface area contributed by atoms with Crippen LogP contribution in [0.1, 0.15) is 48.7 Å². The molecule has 29 heavy (non-hydrogen) atoms. The molecule has 3 aromatic heterocycles. The summed E-state index contributed by atoms with van der Waals surface area (Å²) >= 11 is 2.92. The lowest BCUT2D eigenvalue weighted by molar-refractivity contribution is -0.113. The largest absolute Gasteiger partial charge is 0.338 e. The number of aromatic nitrogens is 3. The first kappa shape index (κ1) is 20.2. The second-order valence-corrected chi connectivity index (χ2v) is 9.29. The number of carbonyl (C=O) groups is 1. The lowest BCUT2D eigenvalue weighted by Crippen LogP contribution is -2.24. The lowest BCUT2D eigenvalue weighted by Gasteiger charge is -2.12. The first-order valence-electron chi connectivity index (χ1n) is 9.98. The summed E-state index contributed by atoms with van der Waals surface area (Å²) in [5.41, 5.74) is 1.94. The maximum Gasteiger partial charge on any atom is 0.263 e. The number of rotatable bonds is 8. The van der Waals surface area contributed by atoms with Gasteiger partial charge in [0.05, 0.1) is 16.8 Å². The van der Waals surface area contributed by atoms with Gasteiger partial charge in [-0.05, 0) is 38.2 Å². The molecule has 1 aliphatic carbocycles. The van der Waals surface area contributed by atoms with Crippen LogP contribution in [-0.2, 0) is 24.2 Å². The van der Waals surface area contributed by atoms with Crippen molar-refractivity contribution in [3.05, 3.63) is 32.6 Å². The Morgan fingerprint density at radius 2 is 2.24 bits per heavy atom. The molecule has 0 atom stereocenters. The fourth-order valence-corrected chi connectivity index (χ4v) is 5.74. The molecule has 154 valence electrons. The Bertz CT molecular complexity index is 1100. The van der Waals surface area contributed by atoms with Gasteiger partial charge in [0.25, 0.3) is 5.56 Å². The third-order valence-electron chi connectivity index (χ3n) is 5.00. The molecular weight excluding hydrogens is 408 g/mol. The van der Waals surface area contributed by atoms with Crippen LogP contribution >= 0.6 is 23.1 Å². The number of fused-ring (bicyclic) bond motifs is 3. The number of unbranched alkanes of at least 4 members (excludes halogenated alkanes) is 2. The van der Waals surface area contributed by atoms with Crippen molar-refractivity contribution in [2.45, 2.75) is 64.1 Å². The Hall–Kier alpha value is -2.13. The fourth-order valence-electron chi connectivity index (χ4n) is 3.61. The number of hydrogen-bond donors (Lipinski definition) is 1. The smallest absolute Gasteiger partial charge is 0.263 e. The standard InChI is InChI=1S/C20H24N4O3S2/c1-3-4-5-9-24-19(26)17-13-7-6-8-14(13)29-18(17)22-20(24)28-11-15(25)21-16-10-12(2)23-27-16/h10H,3-9,11H2,1-2H3,(H,21,25). The topological polar surface area (TPSA) is 90.0 Å². The summed E-state index contributed by atoms with van der Waals surface area (Å²) in [6.07, 6.45) is 6.18. The number of anilines is 1. The van der Waals surface area contributed by atoms with E-state index in [4.69, 9.17) is 9.51 Å². The van der Waals surface area contributed by atoms with Gasteiger partial charge in [0, 0.05) is 17.5 Å². The number of nitrogens with zero attached hydrogens (tertiary/aromatic N) is 3. The summed E-state index contributed by atoms with van der Waals surface area (Å²) < 4.78 is 6.79. The summed E-state index contributed by atoms with van der Waals surface area (Å²) in [5.74, 6) is 0.261. The predicted octanol–water partition coefficient (Wildman–Crippen LogP) is 4.16. The van der Waals surface area contributed by atoms with E-state index in [0.717, 1.165) is 48.7 Å². The second-order valence-electron chi connectivity index (χ2n) is 7.27. The summed E-state index contributed by atoms with van der Waals surface area (Å²) in [7, 11) is 0. The maximum absolute atomic E-state index is 13.3. The zero-order valence-electron chi connectivity index (χ0n) is 16.6. The molecule has 0 radical (unpaired) electrons. The SMILES string of the molecule is CCCCCn1c(SCC(=O)Nc2cc(C)no2)nc2sc3c(c2c1=O)CCC3. The van der Waals surface area contributed by atoms with Gasteiger partial charge in [-0.15, -0.1) is 11.3 Å². The molecule has 3 heterocycles. The quantitative estimate of drug-likeness (QED) is 0.326. The minimum atomic E-state index is -0.214. The van der Waals surface area contributed by atoms with Crippen LogP contribution in [-0.4, -0.2) is 26.4 Å². The third-order valence-corrected chi connectivity index (χ3v) is 7.16. The zero-order valence-corrected chi connectivity index (χ0v) is 18.3. The Morgan fingerprint density at radius 1 is 1.38 bits per heavy atom. The van der Waals surface area contributed by atoms with Gasteiger partial charge in [-0.1, -0.05) is 36.7 Å². The van der Waals surface area contributed by atoms with Crippen LogP contribution in [0.2, 0.25) is 0 Å². The van der Waals surface area contributed by atoms with Crippen molar-refractivity contribution in [3.63, 3.8) is 0 Å². The van der Waals surface area contributed by atoms with Gasteiger partial charge >= 0.3 is 0 Å². The highest BCUT2D eigenvalue weighted by molar-refractivity contribution is 7.99. The van der Waals surface area contributed by atoms with Crippen molar-refractivity contribution in [1.29, 1.82) is 0 Å². The highest BCUT2D eigenvalue weighted by atomic mass is 32.2. The molecule has 0 saturated carbocycles. The van der Waals surface area contributed by atoms with Crippen molar-refractivity contribution in [2.24, 2.45) is 0 Å². The summed E-state index contributed by atoms with van der Waals surface area (Å²) in [6.45, 7) is 4.56. The predicted molar refractivity (Wildman–Crippen MR) is 116 cm³/mol. The van der Waals surface area contributed by atoms with Crippen LogP contribution in [0.15, 0.2) is 20.5 Å². The highest BCUT2D eigenvalue weighted by Gasteiger charge is 2.23. The van der Waals surface area contributed by atoms with Gasteiger partial charge in [-0.2, -0.15) is 0 Å². The molecule has 1 N–H and O–H groups in total. The molecule has 9 heteroatoms. The van der Waals surface area contributed by atoms with E-state index in [2.05, 4.69) is 17.4 Å². The number of thioether (sulfide) groups is 1. The Labute approximate surface area is 176 Å². The number of thiophene rings is 1. The van der Waals surface area contributed by atoms with Crippen molar-refractivity contribution in [3.8, 4) is 0 Å². The minimum Gasteiger partial charge on any atom is -0.338 e. The van der Waals surface area contributed by atoms with E-state index in [1.54, 1.807) is 28.9 Å². The maximum atomic E-state index is 13.3. The normalized spacial score (nSPS) is 13.2. The first-order chi connectivity index (χ1) is 14.1.